The molecule has 0 aromatic heterocycles. The summed E-state index contributed by atoms with van der Waals surface area (Å²) in [5.41, 5.74) is 1.41. The van der Waals surface area contributed by atoms with Gasteiger partial charge in [0, 0.05) is 18.5 Å². The third-order valence-corrected chi connectivity index (χ3v) is 3.06. The zero-order chi connectivity index (χ0) is 12.8. The molecular formula is C15H22IN3. The minimum Gasteiger partial charge on any atom is -0.357 e. The zero-order valence-electron chi connectivity index (χ0n) is 11.3. The van der Waals surface area contributed by atoms with Crippen LogP contribution in [-0.4, -0.2) is 25.1 Å². The number of nitrogens with zero attached hydrogens (tertiary/aromatic N) is 1. The summed E-state index contributed by atoms with van der Waals surface area (Å²) in [6.07, 6.45) is 2.99. The highest BCUT2D eigenvalue weighted by molar-refractivity contribution is 14.0. The Hall–Kier alpha value is -1.04. The molecule has 4 heteroatoms. The van der Waals surface area contributed by atoms with Crippen LogP contribution >= 0.6 is 24.0 Å². The fourth-order valence-electron chi connectivity index (χ4n) is 2.07. The molecule has 2 unspecified atom stereocenters. The molecule has 1 saturated carbocycles. The number of guanidine groups is 1. The first-order valence-electron chi connectivity index (χ1n) is 6.55. The Kier molecular flexibility index (Phi) is 6.91. The van der Waals surface area contributed by atoms with E-state index in [0.717, 1.165) is 12.5 Å². The monoisotopic (exact) mass is 371 g/mol. The van der Waals surface area contributed by atoms with Crippen molar-refractivity contribution in [2.45, 2.75) is 25.3 Å². The SMILES string of the molecule is C=CCN=C(NCC)NC1CC1c1ccccc1.I. The van der Waals surface area contributed by atoms with Crippen LogP contribution in [0.4, 0.5) is 0 Å². The van der Waals surface area contributed by atoms with Gasteiger partial charge in [0.2, 0.25) is 0 Å². The highest BCUT2D eigenvalue weighted by Gasteiger charge is 2.38. The van der Waals surface area contributed by atoms with Gasteiger partial charge in [-0.3, -0.25) is 0 Å². The molecule has 2 N–H and O–H groups in total. The Bertz CT molecular complexity index is 417. The zero-order valence-corrected chi connectivity index (χ0v) is 13.6. The molecule has 0 heterocycles. The molecule has 3 nitrogen and oxygen atoms in total. The summed E-state index contributed by atoms with van der Waals surface area (Å²) in [5, 5.41) is 6.72. The van der Waals surface area contributed by atoms with Crippen LogP contribution in [0.5, 0.6) is 0 Å². The van der Waals surface area contributed by atoms with E-state index in [9.17, 15) is 0 Å². The highest BCUT2D eigenvalue weighted by atomic mass is 127. The van der Waals surface area contributed by atoms with E-state index in [4.69, 9.17) is 0 Å². The Morgan fingerprint density at radius 1 is 1.42 bits per heavy atom. The number of benzene rings is 1. The summed E-state index contributed by atoms with van der Waals surface area (Å²) in [4.78, 5) is 4.42. The van der Waals surface area contributed by atoms with E-state index in [-0.39, 0.29) is 24.0 Å². The van der Waals surface area contributed by atoms with E-state index in [0.29, 0.717) is 18.5 Å². The van der Waals surface area contributed by atoms with Gasteiger partial charge in [-0.1, -0.05) is 36.4 Å². The lowest BCUT2D eigenvalue weighted by Gasteiger charge is -2.10. The molecule has 0 aliphatic heterocycles. The summed E-state index contributed by atoms with van der Waals surface area (Å²) in [6, 6.07) is 11.2. The Morgan fingerprint density at radius 3 is 2.79 bits per heavy atom. The van der Waals surface area contributed by atoms with E-state index >= 15 is 0 Å². The van der Waals surface area contributed by atoms with Gasteiger partial charge < -0.3 is 10.6 Å². The van der Waals surface area contributed by atoms with E-state index in [1.807, 2.05) is 0 Å². The number of rotatable bonds is 5. The molecule has 1 aliphatic rings. The smallest absolute Gasteiger partial charge is 0.191 e. The van der Waals surface area contributed by atoms with Crippen LogP contribution in [0.1, 0.15) is 24.8 Å². The van der Waals surface area contributed by atoms with Gasteiger partial charge in [0.15, 0.2) is 5.96 Å². The van der Waals surface area contributed by atoms with Gasteiger partial charge in [0.25, 0.3) is 0 Å². The minimum absolute atomic E-state index is 0. The summed E-state index contributed by atoms with van der Waals surface area (Å²) in [7, 11) is 0. The van der Waals surface area contributed by atoms with Gasteiger partial charge >= 0.3 is 0 Å². The maximum atomic E-state index is 4.42. The minimum atomic E-state index is 0. The lowest BCUT2D eigenvalue weighted by atomic mass is 10.1. The summed E-state index contributed by atoms with van der Waals surface area (Å²) in [6.45, 7) is 7.30. The molecule has 0 spiro atoms. The van der Waals surface area contributed by atoms with Gasteiger partial charge in [0.05, 0.1) is 6.54 Å². The summed E-state index contributed by atoms with van der Waals surface area (Å²) in [5.74, 6) is 1.51. The van der Waals surface area contributed by atoms with Crippen molar-refractivity contribution < 1.29 is 0 Å². The lowest BCUT2D eigenvalue weighted by Crippen LogP contribution is -2.39. The van der Waals surface area contributed by atoms with Gasteiger partial charge in [0.1, 0.15) is 0 Å². The van der Waals surface area contributed by atoms with Crippen molar-refractivity contribution in [1.82, 2.24) is 10.6 Å². The first-order chi connectivity index (χ1) is 8.85. The standard InChI is InChI=1S/C15H21N3.HI/c1-3-10-17-15(16-4-2)18-14-11-13(14)12-8-6-5-7-9-12;/h3,5-9,13-14H,1,4,10-11H2,2H3,(H2,16,17,18);1H. The van der Waals surface area contributed by atoms with Gasteiger partial charge in [-0.2, -0.15) is 0 Å². The molecule has 0 radical (unpaired) electrons. The highest BCUT2D eigenvalue weighted by Crippen LogP contribution is 2.40. The molecule has 19 heavy (non-hydrogen) atoms. The number of aliphatic imine (C=N–C) groups is 1. The largest absolute Gasteiger partial charge is 0.357 e. The maximum absolute atomic E-state index is 4.42. The van der Waals surface area contributed by atoms with Crippen LogP contribution < -0.4 is 10.6 Å². The normalized spacial score (nSPS) is 21.2. The van der Waals surface area contributed by atoms with Crippen molar-refractivity contribution >= 4 is 29.9 Å². The summed E-state index contributed by atoms with van der Waals surface area (Å²) >= 11 is 0. The van der Waals surface area contributed by atoms with E-state index in [1.54, 1.807) is 6.08 Å². The maximum Gasteiger partial charge on any atom is 0.191 e. The van der Waals surface area contributed by atoms with Crippen LogP contribution in [-0.2, 0) is 0 Å². The lowest BCUT2D eigenvalue weighted by molar-refractivity contribution is 0.802. The number of nitrogens with one attached hydrogen (secondary N) is 2. The van der Waals surface area contributed by atoms with Crippen LogP contribution in [0.25, 0.3) is 0 Å². The second kappa shape index (κ2) is 8.19. The predicted octanol–water partition coefficient (Wildman–Crippen LogP) is 2.90. The third-order valence-electron chi connectivity index (χ3n) is 3.06. The Labute approximate surface area is 132 Å². The fourth-order valence-corrected chi connectivity index (χ4v) is 2.07. The average molecular weight is 371 g/mol. The van der Waals surface area contributed by atoms with Crippen LogP contribution in [0.15, 0.2) is 48.0 Å². The second-order valence-corrected chi connectivity index (χ2v) is 4.51. The van der Waals surface area contributed by atoms with E-state index in [2.05, 4.69) is 59.5 Å². The molecule has 104 valence electrons. The van der Waals surface area contributed by atoms with Crippen molar-refractivity contribution in [2.24, 2.45) is 4.99 Å². The van der Waals surface area contributed by atoms with Crippen LogP contribution in [0.3, 0.4) is 0 Å². The van der Waals surface area contributed by atoms with Crippen LogP contribution in [0, 0.1) is 0 Å². The van der Waals surface area contributed by atoms with Gasteiger partial charge in [-0.05, 0) is 18.9 Å². The fraction of sp³-hybridized carbons (Fsp3) is 0.400. The number of halogens is 1. The predicted molar refractivity (Wildman–Crippen MR) is 92.3 cm³/mol. The van der Waals surface area contributed by atoms with Crippen molar-refractivity contribution in [3.8, 4) is 0 Å². The van der Waals surface area contributed by atoms with Crippen molar-refractivity contribution in [3.05, 3.63) is 48.6 Å². The first kappa shape index (κ1) is 16.0. The molecule has 1 fully saturated rings. The first-order valence-corrected chi connectivity index (χ1v) is 6.55. The summed E-state index contributed by atoms with van der Waals surface area (Å²) < 4.78 is 0. The molecule has 2 atom stereocenters. The molecule has 1 aromatic carbocycles. The average Bonchev–Trinajstić information content (AvgIpc) is 3.16. The third kappa shape index (κ3) is 4.86. The number of hydrogen-bond donors (Lipinski definition) is 2. The van der Waals surface area contributed by atoms with Crippen molar-refractivity contribution in [3.63, 3.8) is 0 Å². The molecule has 0 amide bonds. The van der Waals surface area contributed by atoms with Crippen molar-refractivity contribution in [2.75, 3.05) is 13.1 Å². The van der Waals surface area contributed by atoms with Crippen LogP contribution in [0.2, 0.25) is 0 Å². The Balaban J connectivity index is 0.00000180. The quantitative estimate of drug-likeness (QED) is 0.362. The molecule has 0 bridgehead atoms. The molecule has 1 aliphatic carbocycles. The van der Waals surface area contributed by atoms with E-state index < -0.39 is 0 Å². The Morgan fingerprint density at radius 2 is 2.16 bits per heavy atom. The molecule has 0 saturated heterocycles. The molecular weight excluding hydrogens is 349 g/mol. The van der Waals surface area contributed by atoms with E-state index in [1.165, 1.54) is 12.0 Å². The molecule has 1 aromatic rings. The number of hydrogen-bond acceptors (Lipinski definition) is 1. The van der Waals surface area contributed by atoms with Crippen molar-refractivity contribution in [1.29, 1.82) is 0 Å². The van der Waals surface area contributed by atoms with Gasteiger partial charge in [-0.15, -0.1) is 30.6 Å². The second-order valence-electron chi connectivity index (χ2n) is 4.51. The molecule has 2 rings (SSSR count). The topological polar surface area (TPSA) is 36.4 Å². The van der Waals surface area contributed by atoms with Gasteiger partial charge in [-0.25, -0.2) is 4.99 Å².